The molecular weight excluding hydrogens is 450 g/mol. The average molecular weight is 474 g/mol. The number of hydrogen-bond acceptors (Lipinski definition) is 6. The molecule has 1 N–H and O–H groups in total. The molecule has 0 atom stereocenters. The van der Waals surface area contributed by atoms with Crippen molar-refractivity contribution in [3.05, 3.63) is 36.0 Å². The largest absolute Gasteiger partial charge is 0.496 e. The van der Waals surface area contributed by atoms with E-state index in [9.17, 15) is 0 Å². The number of rotatable bonds is 10. The van der Waals surface area contributed by atoms with Crippen molar-refractivity contribution in [2.45, 2.75) is 11.7 Å². The minimum absolute atomic E-state index is 0. The van der Waals surface area contributed by atoms with Gasteiger partial charge < -0.3 is 10.1 Å². The molecule has 1 aromatic carbocycles. The maximum Gasteiger partial charge on any atom is 0.189 e. The number of aromatic nitrogens is 2. The van der Waals surface area contributed by atoms with Gasteiger partial charge in [-0.05, 0) is 30.5 Å². The Labute approximate surface area is 187 Å². The van der Waals surface area contributed by atoms with E-state index >= 15 is 0 Å². The second-order valence-corrected chi connectivity index (χ2v) is 6.76. The fourth-order valence-corrected chi connectivity index (χ4v) is 3.22. The first kappa shape index (κ1) is 26.4. The van der Waals surface area contributed by atoms with Gasteiger partial charge in [-0.2, -0.15) is 0 Å². The Bertz CT molecular complexity index is 675. The van der Waals surface area contributed by atoms with Gasteiger partial charge in [-0.15, -0.1) is 48.0 Å². The summed E-state index contributed by atoms with van der Waals surface area (Å²) in [5, 5.41) is 4.05. The highest BCUT2D eigenvalue weighted by Crippen LogP contribution is 2.26. The number of anilines is 2. The average Bonchev–Trinajstić information content (AvgIpc) is 2.62. The molecule has 0 saturated heterocycles. The van der Waals surface area contributed by atoms with Crippen molar-refractivity contribution in [3.63, 3.8) is 0 Å². The maximum absolute atomic E-state index is 5.89. The Balaban J connectivity index is 0.00000338. The van der Waals surface area contributed by atoms with E-state index in [1.807, 2.05) is 24.5 Å². The second kappa shape index (κ2) is 14.4. The van der Waals surface area contributed by atoms with Gasteiger partial charge in [0.25, 0.3) is 0 Å². The lowest BCUT2D eigenvalue weighted by molar-refractivity contribution is 0.292. The molecule has 27 heavy (non-hydrogen) atoms. The van der Waals surface area contributed by atoms with Crippen LogP contribution in [0.2, 0.25) is 0 Å². The minimum Gasteiger partial charge on any atom is -0.496 e. The first-order chi connectivity index (χ1) is 12.2. The van der Waals surface area contributed by atoms with Crippen LogP contribution >= 0.6 is 59.8 Å². The van der Waals surface area contributed by atoms with Gasteiger partial charge in [0.15, 0.2) is 5.16 Å². The Morgan fingerprint density at radius 2 is 1.85 bits per heavy atom. The summed E-state index contributed by atoms with van der Waals surface area (Å²) in [5.41, 5.74) is 2.01. The van der Waals surface area contributed by atoms with Gasteiger partial charge in [-0.25, -0.2) is 9.97 Å². The molecule has 0 unspecified atom stereocenters. The summed E-state index contributed by atoms with van der Waals surface area (Å²) in [5.74, 6) is 2.73. The predicted octanol–water partition coefficient (Wildman–Crippen LogP) is 5.07. The molecule has 2 aromatic rings. The van der Waals surface area contributed by atoms with Crippen LogP contribution in [0.1, 0.15) is 5.56 Å². The van der Waals surface area contributed by atoms with E-state index in [4.69, 9.17) is 27.9 Å². The van der Waals surface area contributed by atoms with Crippen LogP contribution in [0.3, 0.4) is 0 Å². The van der Waals surface area contributed by atoms with Crippen LogP contribution < -0.4 is 10.1 Å². The molecule has 0 aliphatic carbocycles. The lowest BCUT2D eigenvalue weighted by atomic mass is 10.1. The Hall–Kier alpha value is -0.630. The fourth-order valence-electron chi connectivity index (χ4n) is 2.39. The number of nitrogens with one attached hydrogen (secondary N) is 1. The van der Waals surface area contributed by atoms with Gasteiger partial charge in [-0.1, -0.05) is 11.8 Å². The van der Waals surface area contributed by atoms with Crippen LogP contribution in [0.15, 0.2) is 35.6 Å². The molecule has 2 rings (SSSR count). The number of methoxy groups -OCH3 is 1. The third-order valence-electron chi connectivity index (χ3n) is 3.56. The fraction of sp³-hybridized carbons (Fsp3) is 0.412. The van der Waals surface area contributed by atoms with Gasteiger partial charge in [-0.3, -0.25) is 4.90 Å². The first-order valence-electron chi connectivity index (χ1n) is 7.85. The van der Waals surface area contributed by atoms with E-state index in [1.165, 1.54) is 11.8 Å². The van der Waals surface area contributed by atoms with E-state index in [1.54, 1.807) is 13.3 Å². The second-order valence-electron chi connectivity index (χ2n) is 5.23. The van der Waals surface area contributed by atoms with Crippen molar-refractivity contribution in [2.24, 2.45) is 0 Å². The van der Waals surface area contributed by atoms with Gasteiger partial charge in [0.05, 0.1) is 7.11 Å². The Morgan fingerprint density at radius 1 is 1.15 bits per heavy atom. The SMILES string of the molecule is COc1ccc(Nc2ccnc(SC)n2)cc1CN(CCCl)CCCl.Cl.Cl. The lowest BCUT2D eigenvalue weighted by Gasteiger charge is -2.22. The van der Waals surface area contributed by atoms with Crippen molar-refractivity contribution in [1.29, 1.82) is 0 Å². The molecule has 152 valence electrons. The van der Waals surface area contributed by atoms with E-state index in [0.29, 0.717) is 11.8 Å². The molecule has 0 bridgehead atoms. The molecule has 1 aromatic heterocycles. The smallest absolute Gasteiger partial charge is 0.189 e. The number of ether oxygens (including phenoxy) is 1. The zero-order chi connectivity index (χ0) is 18.1. The van der Waals surface area contributed by atoms with Gasteiger partial charge in [0, 0.05) is 48.8 Å². The normalized spacial score (nSPS) is 10.1. The number of benzene rings is 1. The van der Waals surface area contributed by atoms with Crippen LogP contribution in [0.25, 0.3) is 0 Å². The van der Waals surface area contributed by atoms with Gasteiger partial charge in [0.2, 0.25) is 0 Å². The molecule has 0 aliphatic rings. The summed E-state index contributed by atoms with van der Waals surface area (Å²) in [6.45, 7) is 2.27. The Kier molecular flexibility index (Phi) is 14.0. The third-order valence-corrected chi connectivity index (χ3v) is 4.46. The highest BCUT2D eigenvalue weighted by molar-refractivity contribution is 7.98. The highest BCUT2D eigenvalue weighted by atomic mass is 35.5. The summed E-state index contributed by atoms with van der Waals surface area (Å²) in [6.07, 6.45) is 3.70. The number of nitrogens with zero attached hydrogens (tertiary/aromatic N) is 3. The molecule has 0 radical (unpaired) electrons. The van der Waals surface area contributed by atoms with E-state index in [0.717, 1.165) is 47.6 Å². The molecule has 5 nitrogen and oxygen atoms in total. The summed E-state index contributed by atoms with van der Waals surface area (Å²) in [4.78, 5) is 10.8. The molecule has 0 saturated carbocycles. The monoisotopic (exact) mass is 472 g/mol. The van der Waals surface area contributed by atoms with Crippen LogP contribution in [-0.4, -0.2) is 53.1 Å². The molecule has 0 fully saturated rings. The van der Waals surface area contributed by atoms with Crippen LogP contribution in [-0.2, 0) is 6.54 Å². The number of halogens is 4. The molecular formula is C17H24Cl4N4OS. The first-order valence-corrected chi connectivity index (χ1v) is 10.1. The Morgan fingerprint density at radius 3 is 2.44 bits per heavy atom. The standard InChI is InChI=1S/C17H22Cl2N4OS.2ClH/c1-24-15-4-3-14(21-16-5-8-20-17(22-16)25-2)11-13(15)12-23(9-6-18)10-7-19;;/h3-5,8,11H,6-7,9-10,12H2,1-2H3,(H,20,21,22);2*1H. The quantitative estimate of drug-likeness (QED) is 0.295. The molecule has 1 heterocycles. The zero-order valence-electron chi connectivity index (χ0n) is 15.2. The van der Waals surface area contributed by atoms with E-state index < -0.39 is 0 Å². The van der Waals surface area contributed by atoms with E-state index in [-0.39, 0.29) is 24.8 Å². The maximum atomic E-state index is 5.89. The lowest BCUT2D eigenvalue weighted by Crippen LogP contribution is -2.27. The predicted molar refractivity (Wildman–Crippen MR) is 121 cm³/mol. The van der Waals surface area contributed by atoms with Crippen molar-refractivity contribution in [3.8, 4) is 5.75 Å². The topological polar surface area (TPSA) is 50.3 Å². The van der Waals surface area contributed by atoms with Gasteiger partial charge in [0.1, 0.15) is 11.6 Å². The number of thioether (sulfide) groups is 1. The highest BCUT2D eigenvalue weighted by Gasteiger charge is 2.11. The zero-order valence-corrected chi connectivity index (χ0v) is 19.1. The minimum atomic E-state index is 0. The van der Waals surface area contributed by atoms with Crippen molar-refractivity contribution >= 4 is 71.3 Å². The number of hydrogen-bond donors (Lipinski definition) is 1. The van der Waals surface area contributed by atoms with Crippen molar-refractivity contribution in [2.75, 3.05) is 43.5 Å². The van der Waals surface area contributed by atoms with Crippen LogP contribution in [0, 0.1) is 0 Å². The third kappa shape index (κ3) is 8.50. The number of alkyl halides is 2. The summed E-state index contributed by atoms with van der Waals surface area (Å²) >= 11 is 13.3. The van der Waals surface area contributed by atoms with E-state index in [2.05, 4.69) is 26.3 Å². The molecule has 0 spiro atoms. The molecule has 0 amide bonds. The van der Waals surface area contributed by atoms with Crippen LogP contribution in [0.4, 0.5) is 11.5 Å². The summed E-state index contributed by atoms with van der Waals surface area (Å²) < 4.78 is 5.49. The van der Waals surface area contributed by atoms with Crippen molar-refractivity contribution < 1.29 is 4.74 Å². The molecule has 10 heteroatoms. The molecule has 0 aliphatic heterocycles. The van der Waals surface area contributed by atoms with Crippen LogP contribution in [0.5, 0.6) is 5.75 Å². The van der Waals surface area contributed by atoms with Crippen molar-refractivity contribution in [1.82, 2.24) is 14.9 Å². The summed E-state index contributed by atoms with van der Waals surface area (Å²) in [6, 6.07) is 7.83. The van der Waals surface area contributed by atoms with Gasteiger partial charge >= 0.3 is 0 Å². The summed E-state index contributed by atoms with van der Waals surface area (Å²) in [7, 11) is 1.68.